The average Bonchev–Trinajstić information content (AvgIpc) is 2.92. The molecular formula is C30H45N3O8. The van der Waals surface area contributed by atoms with Crippen LogP contribution in [0, 0.1) is 11.8 Å². The fourth-order valence-electron chi connectivity index (χ4n) is 5.26. The van der Waals surface area contributed by atoms with Crippen molar-refractivity contribution in [2.24, 2.45) is 17.6 Å². The Labute approximate surface area is 242 Å². The summed E-state index contributed by atoms with van der Waals surface area (Å²) in [5.74, 6) is -1.91. The molecule has 11 nitrogen and oxygen atoms in total. The molecule has 0 fully saturated rings. The zero-order chi connectivity index (χ0) is 30.9. The van der Waals surface area contributed by atoms with E-state index < -0.39 is 53.9 Å². The van der Waals surface area contributed by atoms with Crippen molar-refractivity contribution in [1.82, 2.24) is 10.6 Å². The molecule has 11 heteroatoms. The monoisotopic (exact) mass is 575 g/mol. The zero-order valence-electron chi connectivity index (χ0n) is 25.1. The van der Waals surface area contributed by atoms with Gasteiger partial charge >= 0.3 is 6.09 Å². The topological polar surface area (TPSA) is 166 Å². The van der Waals surface area contributed by atoms with E-state index in [0.717, 1.165) is 6.08 Å². The maximum Gasteiger partial charge on any atom is 0.405 e. The van der Waals surface area contributed by atoms with E-state index in [1.165, 1.54) is 14.2 Å². The van der Waals surface area contributed by atoms with Gasteiger partial charge in [0.25, 0.3) is 5.91 Å². The second-order valence-electron chi connectivity index (χ2n) is 10.8. The van der Waals surface area contributed by atoms with Gasteiger partial charge in [-0.1, -0.05) is 26.0 Å². The van der Waals surface area contributed by atoms with Gasteiger partial charge in [-0.15, -0.1) is 0 Å². The zero-order valence-corrected chi connectivity index (χ0v) is 25.1. The number of amides is 2. The van der Waals surface area contributed by atoms with E-state index >= 15 is 0 Å². The Bertz CT molecular complexity index is 1120. The van der Waals surface area contributed by atoms with Crippen LogP contribution >= 0.6 is 0 Å². The number of aliphatic hydroxyl groups is 1. The number of nitrogens with one attached hydrogen (secondary N) is 2. The first kappa shape index (κ1) is 33.9. The van der Waals surface area contributed by atoms with Crippen molar-refractivity contribution in [2.75, 3.05) is 20.8 Å². The number of aliphatic hydroxyl groups excluding tert-OH is 1. The maximum atomic E-state index is 13.5. The second-order valence-corrected chi connectivity index (χ2v) is 10.8. The minimum Gasteiger partial charge on any atom is -0.439 e. The summed E-state index contributed by atoms with van der Waals surface area (Å²) in [5.41, 5.74) is 6.76. The summed E-state index contributed by atoms with van der Waals surface area (Å²) in [6, 6.07) is 0. The van der Waals surface area contributed by atoms with Gasteiger partial charge in [-0.2, -0.15) is 0 Å². The molecule has 2 bridgehead atoms. The Balaban J connectivity index is 2.56. The highest BCUT2D eigenvalue weighted by atomic mass is 16.6. The quantitative estimate of drug-likeness (QED) is 0.285. The number of nitrogens with two attached hydrogens (primary N) is 1. The van der Waals surface area contributed by atoms with Crippen LogP contribution < -0.4 is 16.4 Å². The van der Waals surface area contributed by atoms with E-state index in [1.54, 1.807) is 26.0 Å². The van der Waals surface area contributed by atoms with Crippen molar-refractivity contribution >= 4 is 23.6 Å². The van der Waals surface area contributed by atoms with Gasteiger partial charge in [-0.3, -0.25) is 14.4 Å². The number of carbonyl (C=O) groups is 4. The number of hydrogen-bond acceptors (Lipinski definition) is 9. The first-order valence-corrected chi connectivity index (χ1v) is 14.0. The van der Waals surface area contributed by atoms with Crippen LogP contribution in [-0.4, -0.2) is 73.9 Å². The average molecular weight is 576 g/mol. The number of hydrogen-bond donors (Lipinski definition) is 4. The number of ether oxygens (including phenoxy) is 3. The minimum atomic E-state index is -0.962. The lowest BCUT2D eigenvalue weighted by Crippen LogP contribution is -2.38. The number of ketones is 2. The largest absolute Gasteiger partial charge is 0.439 e. The molecule has 5 N–H and O–H groups in total. The molecule has 6 unspecified atom stereocenters. The van der Waals surface area contributed by atoms with Crippen molar-refractivity contribution < 1.29 is 38.5 Å². The molecule has 0 saturated carbocycles. The molecule has 0 saturated heterocycles. The van der Waals surface area contributed by atoms with Gasteiger partial charge in [0.05, 0.1) is 29.7 Å². The number of fused-ring (bicyclic) bond motifs is 2. The standard InChI is InChI=1S/C30H45N3O8/c1-8-32-25-20-12-16(2)13-24(40-7)26(35)18(4)14-19(5)28(41-30(31)38)23(39-6)11-9-10-17(3)29(37)33-21(27(20)36)15-22(25)34/h10,14-16,18,23-24,26,28,32,35H,8-9,11-13H2,1-7H3,(H2,31,38)(H,33,37)/b17-10+,19-14+. The Morgan fingerprint density at radius 2 is 1.80 bits per heavy atom. The van der Waals surface area contributed by atoms with Crippen LogP contribution in [-0.2, 0) is 28.6 Å². The Morgan fingerprint density at radius 3 is 2.39 bits per heavy atom. The van der Waals surface area contributed by atoms with Gasteiger partial charge in [0.1, 0.15) is 0 Å². The predicted octanol–water partition coefficient (Wildman–Crippen LogP) is 2.60. The molecule has 0 aromatic rings. The van der Waals surface area contributed by atoms with Crippen molar-refractivity contribution in [1.29, 1.82) is 0 Å². The number of Topliss-reactive ketones (excluding diaryl/α,β-unsaturated/α-hetero) is 1. The van der Waals surface area contributed by atoms with E-state index in [9.17, 15) is 24.3 Å². The predicted molar refractivity (Wildman–Crippen MR) is 153 cm³/mol. The van der Waals surface area contributed by atoms with Crippen LogP contribution in [0.2, 0.25) is 0 Å². The molecule has 2 aliphatic rings. The van der Waals surface area contributed by atoms with Crippen LogP contribution in [0.5, 0.6) is 0 Å². The van der Waals surface area contributed by atoms with Crippen LogP contribution in [0.25, 0.3) is 0 Å². The lowest BCUT2D eigenvalue weighted by molar-refractivity contribution is -0.120. The summed E-state index contributed by atoms with van der Waals surface area (Å²) < 4.78 is 16.7. The highest BCUT2D eigenvalue weighted by Crippen LogP contribution is 2.29. The van der Waals surface area contributed by atoms with E-state index in [1.807, 2.05) is 20.8 Å². The molecule has 41 heavy (non-hydrogen) atoms. The maximum absolute atomic E-state index is 13.5. The highest BCUT2D eigenvalue weighted by Gasteiger charge is 2.33. The molecular weight excluding hydrogens is 530 g/mol. The lowest BCUT2D eigenvalue weighted by Gasteiger charge is -2.30. The van der Waals surface area contributed by atoms with Gasteiger partial charge in [0.15, 0.2) is 6.10 Å². The Hall–Kier alpha value is -3.28. The van der Waals surface area contributed by atoms with Gasteiger partial charge in [-0.25, -0.2) is 4.79 Å². The van der Waals surface area contributed by atoms with Gasteiger partial charge in [0, 0.05) is 43.9 Å². The molecule has 0 aromatic carbocycles. The summed E-state index contributed by atoms with van der Waals surface area (Å²) in [6.07, 6.45) is 2.10. The lowest BCUT2D eigenvalue weighted by atomic mass is 9.85. The molecule has 1 aliphatic heterocycles. The third kappa shape index (κ3) is 9.11. The van der Waals surface area contributed by atoms with Crippen LogP contribution in [0.4, 0.5) is 4.79 Å². The third-order valence-corrected chi connectivity index (χ3v) is 7.47. The van der Waals surface area contributed by atoms with Crippen LogP contribution in [0.1, 0.15) is 60.3 Å². The molecule has 2 amide bonds. The first-order valence-electron chi connectivity index (χ1n) is 14.0. The number of rotatable bonds is 5. The number of allylic oxidation sites excluding steroid dienone is 3. The molecule has 0 aromatic heterocycles. The van der Waals surface area contributed by atoms with Crippen LogP contribution in [0.15, 0.2) is 46.3 Å². The molecule has 228 valence electrons. The molecule has 1 aliphatic carbocycles. The Morgan fingerprint density at radius 1 is 1.15 bits per heavy atom. The van der Waals surface area contributed by atoms with E-state index in [2.05, 4.69) is 10.6 Å². The normalized spacial score (nSPS) is 31.8. The summed E-state index contributed by atoms with van der Waals surface area (Å²) in [6.45, 7) is 9.38. The molecule has 1 heterocycles. The minimum absolute atomic E-state index is 0.0871. The van der Waals surface area contributed by atoms with Gasteiger partial charge < -0.3 is 35.7 Å². The number of likely N-dealkylation sites (N-methyl/N-ethyl adjacent to an activating group) is 1. The van der Waals surface area contributed by atoms with Crippen molar-refractivity contribution in [3.8, 4) is 0 Å². The number of carbonyl (C=O) groups excluding carboxylic acids is 4. The summed E-state index contributed by atoms with van der Waals surface area (Å²) in [5, 5.41) is 16.8. The van der Waals surface area contributed by atoms with Crippen molar-refractivity contribution in [3.05, 3.63) is 46.3 Å². The SMILES string of the molecule is CCNC1=C2CC(C)CC(OC)C(O)C(C)/C=C(\C)C(OC(N)=O)C(OC)CC/C=C(\C)C(=O)NC(=CC1=O)C2=O. The second kappa shape index (κ2) is 15.6. The van der Waals surface area contributed by atoms with Gasteiger partial charge in [-0.05, 0) is 57.9 Å². The fourth-order valence-corrected chi connectivity index (χ4v) is 5.26. The number of primary amides is 1. The third-order valence-electron chi connectivity index (χ3n) is 7.47. The molecule has 6 atom stereocenters. The summed E-state index contributed by atoms with van der Waals surface area (Å²) >= 11 is 0. The number of methoxy groups -OCH3 is 2. The van der Waals surface area contributed by atoms with Crippen molar-refractivity contribution in [2.45, 2.75) is 84.7 Å². The summed E-state index contributed by atoms with van der Waals surface area (Å²) in [4.78, 5) is 51.2. The Kier molecular flexibility index (Phi) is 12.9. The van der Waals surface area contributed by atoms with E-state index in [0.29, 0.717) is 37.0 Å². The molecule has 0 radical (unpaired) electrons. The van der Waals surface area contributed by atoms with E-state index in [4.69, 9.17) is 19.9 Å². The van der Waals surface area contributed by atoms with Gasteiger partial charge in [0.2, 0.25) is 11.6 Å². The van der Waals surface area contributed by atoms with Crippen molar-refractivity contribution in [3.63, 3.8) is 0 Å². The smallest absolute Gasteiger partial charge is 0.405 e. The van der Waals surface area contributed by atoms with Crippen LogP contribution in [0.3, 0.4) is 0 Å². The first-order chi connectivity index (χ1) is 19.3. The highest BCUT2D eigenvalue weighted by molar-refractivity contribution is 6.23. The molecule has 0 spiro atoms. The summed E-state index contributed by atoms with van der Waals surface area (Å²) in [7, 11) is 2.99. The van der Waals surface area contributed by atoms with E-state index in [-0.39, 0.29) is 29.3 Å². The molecule has 2 rings (SSSR count). The fraction of sp³-hybridized carbons (Fsp3) is 0.600.